The number of nitrogens with zero attached hydrogens (tertiary/aromatic N) is 4. The Labute approximate surface area is 260 Å². The Morgan fingerprint density at radius 3 is 2.58 bits per heavy atom. The number of sulfone groups is 1. The molecule has 12 heteroatoms. The number of anilines is 1. The van der Waals surface area contributed by atoms with Crippen molar-refractivity contribution in [1.29, 1.82) is 0 Å². The van der Waals surface area contributed by atoms with E-state index < -0.39 is 21.2 Å². The number of pyridine rings is 3. The molecule has 1 amide bonds. The Hall–Kier alpha value is -4.16. The van der Waals surface area contributed by atoms with E-state index in [-0.39, 0.29) is 53.9 Å². The maximum Gasteiger partial charge on any atom is 0.251 e. The molecule has 1 saturated carbocycles. The number of nitrogens with one attached hydrogen (secondary N) is 1. The summed E-state index contributed by atoms with van der Waals surface area (Å²) in [5.74, 6) is 0.669. The molecule has 5 heterocycles. The SMILES string of the molecule is C[C@@H]1CN(c2cccc(-c3ccc4cnc(CNC(=O)c5cc(C6CC6)c6c(c5)S(=O)(=O)[C@@H](F)CCO6)cc4n3)n2)C[C@H](C)O1. The summed E-state index contributed by atoms with van der Waals surface area (Å²) < 4.78 is 52.0. The van der Waals surface area contributed by atoms with Gasteiger partial charge in [-0.05, 0) is 80.6 Å². The molecule has 234 valence electrons. The van der Waals surface area contributed by atoms with Crippen LogP contribution in [0, 0.1) is 0 Å². The number of carbonyl (C=O) groups excluding carboxylic acids is 1. The monoisotopic (exact) mass is 631 g/mol. The average molecular weight is 632 g/mol. The zero-order valence-electron chi connectivity index (χ0n) is 25.1. The largest absolute Gasteiger partial charge is 0.492 e. The number of morpholine rings is 1. The minimum atomic E-state index is -4.28. The molecule has 1 saturated heterocycles. The lowest BCUT2D eigenvalue weighted by Gasteiger charge is -2.36. The van der Waals surface area contributed by atoms with Gasteiger partial charge in [0.2, 0.25) is 15.3 Å². The van der Waals surface area contributed by atoms with Gasteiger partial charge in [-0.2, -0.15) is 0 Å². The lowest BCUT2D eigenvalue weighted by molar-refractivity contribution is -0.00545. The summed E-state index contributed by atoms with van der Waals surface area (Å²) >= 11 is 0. The lowest BCUT2D eigenvalue weighted by atomic mass is 10.0. The number of halogens is 1. The van der Waals surface area contributed by atoms with Gasteiger partial charge >= 0.3 is 0 Å². The number of carbonyl (C=O) groups is 1. The fourth-order valence-electron chi connectivity index (χ4n) is 6.04. The molecule has 3 aromatic heterocycles. The molecule has 0 spiro atoms. The van der Waals surface area contributed by atoms with Crippen LogP contribution in [0.2, 0.25) is 0 Å². The molecule has 1 aliphatic carbocycles. The van der Waals surface area contributed by atoms with E-state index >= 15 is 0 Å². The molecule has 0 bridgehead atoms. The van der Waals surface area contributed by atoms with Gasteiger partial charge in [0, 0.05) is 36.7 Å². The fourth-order valence-corrected chi connectivity index (χ4v) is 7.45. The van der Waals surface area contributed by atoms with E-state index in [1.54, 1.807) is 12.3 Å². The number of amides is 1. The smallest absolute Gasteiger partial charge is 0.251 e. The van der Waals surface area contributed by atoms with E-state index in [9.17, 15) is 17.6 Å². The van der Waals surface area contributed by atoms with Crippen molar-refractivity contribution in [3.05, 3.63) is 71.5 Å². The quantitative estimate of drug-likeness (QED) is 0.314. The van der Waals surface area contributed by atoms with Gasteiger partial charge in [0.05, 0.1) is 48.0 Å². The van der Waals surface area contributed by atoms with Crippen LogP contribution in [0.4, 0.5) is 10.2 Å². The highest BCUT2D eigenvalue weighted by molar-refractivity contribution is 7.92. The normalized spacial score (nSPS) is 22.7. The summed E-state index contributed by atoms with van der Waals surface area (Å²) in [6, 6.07) is 14.5. The highest BCUT2D eigenvalue weighted by atomic mass is 32.2. The highest BCUT2D eigenvalue weighted by Gasteiger charge is 2.38. The van der Waals surface area contributed by atoms with Crippen LogP contribution in [0.3, 0.4) is 0 Å². The van der Waals surface area contributed by atoms with Crippen molar-refractivity contribution in [2.24, 2.45) is 0 Å². The number of fused-ring (bicyclic) bond motifs is 2. The molecule has 7 rings (SSSR count). The lowest BCUT2D eigenvalue weighted by Crippen LogP contribution is -2.45. The Morgan fingerprint density at radius 1 is 1.02 bits per heavy atom. The van der Waals surface area contributed by atoms with Gasteiger partial charge in [0.1, 0.15) is 16.5 Å². The second-order valence-corrected chi connectivity index (χ2v) is 14.1. The molecule has 2 aliphatic heterocycles. The summed E-state index contributed by atoms with van der Waals surface area (Å²) in [7, 11) is -4.28. The van der Waals surface area contributed by atoms with Gasteiger partial charge in [-0.15, -0.1) is 0 Å². The standard InChI is InChI=1S/C33H34FN5O5S/c1-19-17-39(18-20(2)44-19)31-5-3-4-26(38-31)27-9-8-22-15-35-24(14-28(22)37-27)16-36-33(40)23-12-25(21-6-7-21)32-29(13-23)45(41,42)30(34)10-11-43-32/h3-5,8-9,12-15,19-21,30H,6-7,10-11,16-18H2,1-2H3,(H,36,40)/t19-,20+,30-/m1/s1. The van der Waals surface area contributed by atoms with Crippen LogP contribution in [-0.4, -0.2) is 66.7 Å². The first-order chi connectivity index (χ1) is 21.7. The molecule has 0 unspecified atom stereocenters. The molecule has 45 heavy (non-hydrogen) atoms. The Kier molecular flexibility index (Phi) is 7.65. The predicted molar refractivity (Wildman–Crippen MR) is 167 cm³/mol. The van der Waals surface area contributed by atoms with E-state index in [2.05, 4.69) is 29.0 Å². The third kappa shape index (κ3) is 5.96. The van der Waals surface area contributed by atoms with Crippen LogP contribution in [-0.2, 0) is 21.1 Å². The summed E-state index contributed by atoms with van der Waals surface area (Å²) in [6.45, 7) is 5.71. The van der Waals surface area contributed by atoms with Crippen molar-refractivity contribution in [2.75, 3.05) is 24.6 Å². The van der Waals surface area contributed by atoms with Crippen molar-refractivity contribution in [1.82, 2.24) is 20.3 Å². The van der Waals surface area contributed by atoms with Crippen LogP contribution in [0.15, 0.2) is 59.6 Å². The minimum Gasteiger partial charge on any atom is -0.492 e. The molecule has 1 N–H and O–H groups in total. The highest BCUT2D eigenvalue weighted by Crippen LogP contribution is 2.48. The van der Waals surface area contributed by atoms with Crippen molar-refractivity contribution >= 4 is 32.5 Å². The fraction of sp³-hybridized carbons (Fsp3) is 0.394. The Balaban J connectivity index is 1.11. The van der Waals surface area contributed by atoms with Crippen LogP contribution < -0.4 is 15.0 Å². The molecule has 10 nitrogen and oxygen atoms in total. The molecule has 0 radical (unpaired) electrons. The van der Waals surface area contributed by atoms with Gasteiger partial charge in [-0.1, -0.05) is 6.07 Å². The van der Waals surface area contributed by atoms with Crippen molar-refractivity contribution in [3.63, 3.8) is 0 Å². The molecular formula is C33H34FN5O5S. The maximum absolute atomic E-state index is 14.6. The van der Waals surface area contributed by atoms with Gasteiger partial charge in [-0.3, -0.25) is 9.78 Å². The van der Waals surface area contributed by atoms with E-state index in [0.29, 0.717) is 22.5 Å². The summed E-state index contributed by atoms with van der Waals surface area (Å²) in [5.41, 5.74) is 1.46. The van der Waals surface area contributed by atoms with Gasteiger partial charge < -0.3 is 19.7 Å². The number of benzene rings is 1. The first-order valence-electron chi connectivity index (χ1n) is 15.3. The van der Waals surface area contributed by atoms with Crippen molar-refractivity contribution in [2.45, 2.75) is 68.2 Å². The zero-order valence-corrected chi connectivity index (χ0v) is 25.9. The average Bonchev–Trinajstić information content (AvgIpc) is 3.89. The van der Waals surface area contributed by atoms with E-state index in [4.69, 9.17) is 19.4 Å². The van der Waals surface area contributed by atoms with Crippen molar-refractivity contribution in [3.8, 4) is 17.1 Å². The summed E-state index contributed by atoms with van der Waals surface area (Å²) in [4.78, 5) is 29.5. The third-order valence-electron chi connectivity index (χ3n) is 8.40. The number of hydrogen-bond donors (Lipinski definition) is 1. The zero-order chi connectivity index (χ0) is 31.3. The number of ether oxygens (including phenoxy) is 2. The number of hydrogen-bond acceptors (Lipinski definition) is 9. The van der Waals surface area contributed by atoms with Gasteiger partial charge in [0.25, 0.3) is 5.91 Å². The van der Waals surface area contributed by atoms with E-state index in [1.807, 2.05) is 36.4 Å². The second-order valence-electron chi connectivity index (χ2n) is 12.1. The first kappa shape index (κ1) is 29.5. The molecule has 3 atom stereocenters. The third-order valence-corrected chi connectivity index (χ3v) is 10.2. The van der Waals surface area contributed by atoms with E-state index in [1.165, 1.54) is 6.07 Å². The van der Waals surface area contributed by atoms with E-state index in [0.717, 1.165) is 42.8 Å². The minimum absolute atomic E-state index is 0.0318. The Bertz CT molecular complexity index is 1890. The molecular weight excluding hydrogens is 597 g/mol. The molecule has 2 fully saturated rings. The van der Waals surface area contributed by atoms with Crippen LogP contribution in [0.25, 0.3) is 22.3 Å². The van der Waals surface area contributed by atoms with Crippen molar-refractivity contribution < 1.29 is 27.1 Å². The summed E-state index contributed by atoms with van der Waals surface area (Å²) in [5, 5.41) is 3.68. The summed E-state index contributed by atoms with van der Waals surface area (Å²) in [6.07, 6.45) is 3.41. The van der Waals surface area contributed by atoms with Crippen LogP contribution in [0.5, 0.6) is 5.75 Å². The van der Waals surface area contributed by atoms with Gasteiger partial charge in [-0.25, -0.2) is 22.8 Å². The van der Waals surface area contributed by atoms with Crippen LogP contribution in [0.1, 0.15) is 60.6 Å². The first-order valence-corrected chi connectivity index (χ1v) is 16.8. The molecule has 4 aromatic rings. The number of alkyl halides is 1. The maximum atomic E-state index is 14.6. The number of aromatic nitrogens is 3. The number of rotatable bonds is 6. The topological polar surface area (TPSA) is 124 Å². The molecule has 3 aliphatic rings. The Morgan fingerprint density at radius 2 is 1.80 bits per heavy atom. The second kappa shape index (κ2) is 11.6. The molecule has 1 aromatic carbocycles. The van der Waals surface area contributed by atoms with Crippen LogP contribution >= 0.6 is 0 Å². The van der Waals surface area contributed by atoms with Gasteiger partial charge in [0.15, 0.2) is 0 Å². The predicted octanol–water partition coefficient (Wildman–Crippen LogP) is 4.96.